The number of carbonyl (C=O) groups is 4. The van der Waals surface area contributed by atoms with Gasteiger partial charge in [-0.05, 0) is 55.0 Å². The van der Waals surface area contributed by atoms with Gasteiger partial charge in [0.25, 0.3) is 0 Å². The summed E-state index contributed by atoms with van der Waals surface area (Å²) in [6, 6.07) is 13.9. The van der Waals surface area contributed by atoms with Crippen LogP contribution in [0, 0.1) is 5.92 Å². The highest BCUT2D eigenvalue weighted by Gasteiger charge is 2.29. The topological polar surface area (TPSA) is 178 Å². The molecule has 38 heavy (non-hydrogen) atoms. The Bertz CT molecular complexity index is 1050. The van der Waals surface area contributed by atoms with Crippen LogP contribution in [0.25, 0.3) is 0 Å². The Balaban J connectivity index is 2.04. The Kier molecular flexibility index (Phi) is 12.6. The van der Waals surface area contributed by atoms with E-state index in [2.05, 4.69) is 21.3 Å². The van der Waals surface area contributed by atoms with Gasteiger partial charge in [0.2, 0.25) is 11.8 Å². The predicted octanol–water partition coefficient (Wildman–Crippen LogP) is 2.01. The number of benzene rings is 2. The standard InChI is InChI=1S/C27H38N6O5/c1-18(2)23(33-27(37)38-17-20-7-4-3-5-8-20)25(35)32-22(9-6-16-30-26(29)36)24(34)31-21-12-10-19(11-13-21)14-15-28/h3-5,7-8,10-13,18,22-23H,6,9,14-17,28H2,1-2H3,(H,31,34)(H,32,35)(H,33,37)(H3,29,30,36)/t22?,23-/m1/s1. The maximum absolute atomic E-state index is 13.2. The molecule has 2 aromatic carbocycles. The maximum atomic E-state index is 13.2. The Hall–Kier alpha value is -4.12. The normalized spacial score (nSPS) is 12.2. The molecule has 0 fully saturated rings. The number of hydrogen-bond acceptors (Lipinski definition) is 6. The molecule has 0 aliphatic heterocycles. The van der Waals surface area contributed by atoms with E-state index in [0.29, 0.717) is 18.7 Å². The maximum Gasteiger partial charge on any atom is 0.408 e. The van der Waals surface area contributed by atoms with E-state index in [1.165, 1.54) is 0 Å². The predicted molar refractivity (Wildman–Crippen MR) is 145 cm³/mol. The lowest BCUT2D eigenvalue weighted by Gasteiger charge is -2.25. The van der Waals surface area contributed by atoms with Crippen LogP contribution < -0.4 is 32.7 Å². The second-order valence-corrected chi connectivity index (χ2v) is 9.15. The Morgan fingerprint density at radius 1 is 0.895 bits per heavy atom. The van der Waals surface area contributed by atoms with Crippen molar-refractivity contribution in [3.63, 3.8) is 0 Å². The number of anilines is 1. The zero-order chi connectivity index (χ0) is 27.9. The fraction of sp³-hybridized carbons (Fsp3) is 0.407. The highest BCUT2D eigenvalue weighted by molar-refractivity contribution is 5.98. The number of nitrogens with one attached hydrogen (secondary N) is 4. The number of ether oxygens (including phenoxy) is 1. The Morgan fingerprint density at radius 2 is 1.58 bits per heavy atom. The molecule has 2 aromatic rings. The van der Waals surface area contributed by atoms with Crippen LogP contribution in [-0.4, -0.2) is 49.1 Å². The second-order valence-electron chi connectivity index (χ2n) is 9.15. The first kappa shape index (κ1) is 30.1. The third kappa shape index (κ3) is 10.9. The summed E-state index contributed by atoms with van der Waals surface area (Å²) in [6.45, 7) is 4.36. The minimum atomic E-state index is -0.937. The molecule has 0 aliphatic rings. The van der Waals surface area contributed by atoms with Gasteiger partial charge in [-0.25, -0.2) is 9.59 Å². The summed E-state index contributed by atoms with van der Waals surface area (Å²) < 4.78 is 5.25. The van der Waals surface area contributed by atoms with Gasteiger partial charge in [0.1, 0.15) is 18.7 Å². The first-order valence-electron chi connectivity index (χ1n) is 12.6. The van der Waals surface area contributed by atoms with Crippen LogP contribution in [0.2, 0.25) is 0 Å². The summed E-state index contributed by atoms with van der Waals surface area (Å²) in [7, 11) is 0. The summed E-state index contributed by atoms with van der Waals surface area (Å²) in [5.41, 5.74) is 13.1. The molecule has 1 unspecified atom stereocenters. The SMILES string of the molecule is CC(C)[C@@H](NC(=O)OCc1ccccc1)C(=O)NC(CCCNC(N)=O)C(=O)Nc1ccc(CCN)cc1. The van der Waals surface area contributed by atoms with Gasteiger partial charge in [0, 0.05) is 12.2 Å². The highest BCUT2D eigenvalue weighted by Crippen LogP contribution is 2.12. The van der Waals surface area contributed by atoms with Crippen LogP contribution in [0.1, 0.15) is 37.8 Å². The number of urea groups is 1. The van der Waals surface area contributed by atoms with E-state index < -0.39 is 36.0 Å². The Morgan fingerprint density at radius 3 is 2.18 bits per heavy atom. The van der Waals surface area contributed by atoms with Crippen LogP contribution in [-0.2, 0) is 27.4 Å². The number of alkyl carbamates (subject to hydrolysis) is 1. The molecular formula is C27H38N6O5. The van der Waals surface area contributed by atoms with Gasteiger partial charge in [-0.1, -0.05) is 56.3 Å². The van der Waals surface area contributed by atoms with Crippen molar-refractivity contribution < 1.29 is 23.9 Å². The molecule has 0 bridgehead atoms. The van der Waals surface area contributed by atoms with Crippen LogP contribution in [0.4, 0.5) is 15.3 Å². The number of amides is 5. The molecule has 5 amide bonds. The molecule has 2 atom stereocenters. The van der Waals surface area contributed by atoms with Gasteiger partial charge in [-0.2, -0.15) is 0 Å². The molecule has 0 heterocycles. The Labute approximate surface area is 223 Å². The molecule has 0 aliphatic carbocycles. The fourth-order valence-corrected chi connectivity index (χ4v) is 3.63. The summed E-state index contributed by atoms with van der Waals surface area (Å²) in [6.07, 6.45) is 0.589. The van der Waals surface area contributed by atoms with Gasteiger partial charge >= 0.3 is 12.1 Å². The van der Waals surface area contributed by atoms with Crippen LogP contribution in [0.3, 0.4) is 0 Å². The summed E-state index contributed by atoms with van der Waals surface area (Å²) >= 11 is 0. The molecule has 8 N–H and O–H groups in total. The minimum absolute atomic E-state index is 0.0566. The van der Waals surface area contributed by atoms with E-state index >= 15 is 0 Å². The average Bonchev–Trinajstić information content (AvgIpc) is 2.89. The van der Waals surface area contributed by atoms with E-state index in [1.54, 1.807) is 26.0 Å². The molecule has 0 spiro atoms. The fourth-order valence-electron chi connectivity index (χ4n) is 3.63. The number of nitrogens with two attached hydrogens (primary N) is 2. The van der Waals surface area contributed by atoms with Crippen molar-refractivity contribution in [2.24, 2.45) is 17.4 Å². The van der Waals surface area contributed by atoms with E-state index in [1.807, 2.05) is 42.5 Å². The zero-order valence-electron chi connectivity index (χ0n) is 21.9. The summed E-state index contributed by atoms with van der Waals surface area (Å²) in [5, 5.41) is 10.6. The number of rotatable bonds is 14. The second kappa shape index (κ2) is 15.9. The van der Waals surface area contributed by atoms with E-state index in [0.717, 1.165) is 17.5 Å². The first-order chi connectivity index (χ1) is 18.2. The molecule has 0 saturated carbocycles. The molecule has 0 radical (unpaired) electrons. The smallest absolute Gasteiger partial charge is 0.408 e. The lowest BCUT2D eigenvalue weighted by molar-refractivity contribution is -0.128. The van der Waals surface area contributed by atoms with Crippen molar-refractivity contribution in [2.75, 3.05) is 18.4 Å². The third-order valence-electron chi connectivity index (χ3n) is 5.69. The minimum Gasteiger partial charge on any atom is -0.445 e. The van der Waals surface area contributed by atoms with E-state index in [4.69, 9.17) is 16.2 Å². The molecule has 206 valence electrons. The van der Waals surface area contributed by atoms with Crippen molar-refractivity contribution in [2.45, 2.75) is 51.8 Å². The van der Waals surface area contributed by atoms with Gasteiger partial charge in [-0.15, -0.1) is 0 Å². The van der Waals surface area contributed by atoms with Crippen LogP contribution in [0.5, 0.6) is 0 Å². The monoisotopic (exact) mass is 526 g/mol. The molecule has 11 nitrogen and oxygen atoms in total. The first-order valence-corrected chi connectivity index (χ1v) is 12.6. The van der Waals surface area contributed by atoms with Crippen molar-refractivity contribution in [3.05, 3.63) is 65.7 Å². The molecule has 0 saturated heterocycles. The van der Waals surface area contributed by atoms with Crippen LogP contribution in [0.15, 0.2) is 54.6 Å². The molecule has 11 heteroatoms. The van der Waals surface area contributed by atoms with Crippen molar-refractivity contribution >= 4 is 29.6 Å². The molecular weight excluding hydrogens is 488 g/mol. The van der Waals surface area contributed by atoms with Gasteiger partial charge < -0.3 is 37.5 Å². The lowest BCUT2D eigenvalue weighted by Crippen LogP contribution is -2.54. The quantitative estimate of drug-likeness (QED) is 0.205. The van der Waals surface area contributed by atoms with Crippen molar-refractivity contribution in [1.29, 1.82) is 0 Å². The number of carbonyl (C=O) groups excluding carboxylic acids is 4. The summed E-state index contributed by atoms with van der Waals surface area (Å²) in [4.78, 5) is 49.6. The number of hydrogen-bond donors (Lipinski definition) is 6. The highest BCUT2D eigenvalue weighted by atomic mass is 16.5. The third-order valence-corrected chi connectivity index (χ3v) is 5.69. The summed E-state index contributed by atoms with van der Waals surface area (Å²) in [5.74, 6) is -1.24. The van der Waals surface area contributed by atoms with E-state index in [9.17, 15) is 19.2 Å². The van der Waals surface area contributed by atoms with Crippen LogP contribution >= 0.6 is 0 Å². The molecule has 2 rings (SSSR count). The average molecular weight is 527 g/mol. The van der Waals surface area contributed by atoms with Gasteiger partial charge in [-0.3, -0.25) is 9.59 Å². The van der Waals surface area contributed by atoms with Crippen molar-refractivity contribution in [1.82, 2.24) is 16.0 Å². The van der Waals surface area contributed by atoms with E-state index in [-0.39, 0.29) is 25.5 Å². The van der Waals surface area contributed by atoms with Gasteiger partial charge in [0.05, 0.1) is 0 Å². The van der Waals surface area contributed by atoms with Crippen molar-refractivity contribution in [3.8, 4) is 0 Å². The van der Waals surface area contributed by atoms with Gasteiger partial charge in [0.15, 0.2) is 0 Å². The molecule has 0 aromatic heterocycles. The largest absolute Gasteiger partial charge is 0.445 e. The number of primary amides is 1. The lowest BCUT2D eigenvalue weighted by atomic mass is 10.0. The zero-order valence-corrected chi connectivity index (χ0v) is 21.9.